The van der Waals surface area contributed by atoms with Crippen LogP contribution in [-0.4, -0.2) is 18.1 Å². The quantitative estimate of drug-likeness (QED) is 0.925. The van der Waals surface area contributed by atoms with Crippen LogP contribution in [0.15, 0.2) is 42.6 Å². The molecule has 0 bridgehead atoms. The maximum atomic E-state index is 12.8. The molecule has 0 aliphatic carbocycles. The predicted molar refractivity (Wildman–Crippen MR) is 84.0 cm³/mol. The topological polar surface area (TPSA) is 28.2 Å². The number of rotatable bonds is 4. The number of nitrogens with zero attached hydrogens (tertiary/aromatic N) is 2. The Morgan fingerprint density at radius 3 is 2.43 bits per heavy atom. The molecule has 2 aromatic rings. The predicted octanol–water partition coefficient (Wildman–Crippen LogP) is 3.82. The molecule has 2 heterocycles. The molecular weight excluding hydrogens is 265 g/mol. The number of anilines is 2. The summed E-state index contributed by atoms with van der Waals surface area (Å²) < 4.78 is 12.8. The summed E-state index contributed by atoms with van der Waals surface area (Å²) in [6.45, 7) is 2.88. The molecule has 0 spiro atoms. The van der Waals surface area contributed by atoms with E-state index in [4.69, 9.17) is 0 Å². The molecule has 0 unspecified atom stereocenters. The summed E-state index contributed by atoms with van der Waals surface area (Å²) in [5, 5.41) is 3.31. The fraction of sp³-hybridized carbons (Fsp3) is 0.353. The molecule has 1 aliphatic rings. The second-order valence-electron chi connectivity index (χ2n) is 5.43. The van der Waals surface area contributed by atoms with Crippen molar-refractivity contribution in [2.24, 2.45) is 0 Å². The lowest BCUT2D eigenvalue weighted by Gasteiger charge is -2.27. The average molecular weight is 285 g/mol. The van der Waals surface area contributed by atoms with Gasteiger partial charge in [0.1, 0.15) is 11.6 Å². The molecule has 21 heavy (non-hydrogen) atoms. The number of nitrogens with one attached hydrogen (secondary N) is 1. The smallest absolute Gasteiger partial charge is 0.128 e. The summed E-state index contributed by atoms with van der Waals surface area (Å²) in [6.07, 6.45) is 5.71. The molecule has 4 heteroatoms. The monoisotopic (exact) mass is 285 g/mol. The first-order valence-corrected chi connectivity index (χ1v) is 7.50. The number of pyridine rings is 1. The van der Waals surface area contributed by atoms with E-state index in [-0.39, 0.29) is 5.82 Å². The van der Waals surface area contributed by atoms with Gasteiger partial charge in [0.15, 0.2) is 0 Å². The van der Waals surface area contributed by atoms with Gasteiger partial charge in [-0.05, 0) is 49.1 Å². The molecule has 1 N–H and O–H groups in total. The Morgan fingerprint density at radius 1 is 1.00 bits per heavy atom. The fourth-order valence-corrected chi connectivity index (χ4v) is 2.61. The summed E-state index contributed by atoms with van der Waals surface area (Å²) in [5.74, 6) is 0.855. The van der Waals surface area contributed by atoms with Crippen LogP contribution in [0.5, 0.6) is 0 Å². The molecule has 110 valence electrons. The summed E-state index contributed by atoms with van der Waals surface area (Å²) in [6, 6.07) is 10.7. The second-order valence-corrected chi connectivity index (χ2v) is 5.43. The lowest BCUT2D eigenvalue weighted by molar-refractivity contribution is 0.573. The summed E-state index contributed by atoms with van der Waals surface area (Å²) >= 11 is 0. The Morgan fingerprint density at radius 2 is 1.76 bits per heavy atom. The van der Waals surface area contributed by atoms with Gasteiger partial charge in [0.25, 0.3) is 0 Å². The lowest BCUT2D eigenvalue weighted by atomic mass is 10.1. The maximum absolute atomic E-state index is 12.8. The normalized spacial score (nSPS) is 15.0. The Bertz CT molecular complexity index is 560. The third-order valence-electron chi connectivity index (χ3n) is 3.84. The zero-order valence-corrected chi connectivity index (χ0v) is 12.1. The number of hydrogen-bond acceptors (Lipinski definition) is 3. The highest BCUT2D eigenvalue weighted by Crippen LogP contribution is 2.19. The van der Waals surface area contributed by atoms with Crippen LogP contribution < -0.4 is 10.2 Å². The summed E-state index contributed by atoms with van der Waals surface area (Å²) in [7, 11) is 0. The Labute approximate surface area is 124 Å². The first-order chi connectivity index (χ1) is 10.3. The minimum Gasteiger partial charge on any atom is -0.380 e. The number of halogens is 1. The van der Waals surface area contributed by atoms with Gasteiger partial charge in [0.05, 0.1) is 11.9 Å². The third-order valence-corrected chi connectivity index (χ3v) is 3.84. The molecule has 1 fully saturated rings. The molecular formula is C17H20FN3. The van der Waals surface area contributed by atoms with Crippen LogP contribution >= 0.6 is 0 Å². The summed E-state index contributed by atoms with van der Waals surface area (Å²) in [4.78, 5) is 6.87. The van der Waals surface area contributed by atoms with E-state index in [1.807, 2.05) is 6.20 Å². The molecule has 1 aliphatic heterocycles. The van der Waals surface area contributed by atoms with Gasteiger partial charge in [-0.1, -0.05) is 12.1 Å². The summed E-state index contributed by atoms with van der Waals surface area (Å²) in [5.41, 5.74) is 2.04. The van der Waals surface area contributed by atoms with E-state index < -0.39 is 0 Å². The van der Waals surface area contributed by atoms with Crippen molar-refractivity contribution in [2.45, 2.75) is 25.8 Å². The second kappa shape index (κ2) is 6.57. The molecule has 1 aromatic heterocycles. The Balaban J connectivity index is 1.57. The fourth-order valence-electron chi connectivity index (χ4n) is 2.61. The highest BCUT2D eigenvalue weighted by Gasteiger charge is 2.11. The van der Waals surface area contributed by atoms with E-state index in [2.05, 4.69) is 27.3 Å². The van der Waals surface area contributed by atoms with E-state index in [9.17, 15) is 4.39 Å². The molecule has 0 amide bonds. The van der Waals surface area contributed by atoms with E-state index >= 15 is 0 Å². The molecule has 0 saturated carbocycles. The highest BCUT2D eigenvalue weighted by molar-refractivity contribution is 5.49. The number of hydrogen-bond donors (Lipinski definition) is 1. The standard InChI is InChI=1S/C17H20FN3/c18-15-6-4-14(5-7-15)12-19-16-8-9-17(20-13-16)21-10-2-1-3-11-21/h4-9,13,19H,1-3,10-12H2. The molecule has 1 saturated heterocycles. The van der Waals surface area contributed by atoms with Gasteiger partial charge in [-0.2, -0.15) is 0 Å². The number of piperidine rings is 1. The number of aromatic nitrogens is 1. The zero-order chi connectivity index (χ0) is 14.5. The van der Waals surface area contributed by atoms with E-state index in [0.717, 1.165) is 30.2 Å². The van der Waals surface area contributed by atoms with Crippen LogP contribution in [-0.2, 0) is 6.54 Å². The van der Waals surface area contributed by atoms with Crippen LogP contribution in [0.25, 0.3) is 0 Å². The SMILES string of the molecule is Fc1ccc(CNc2ccc(N3CCCCC3)nc2)cc1. The van der Waals surface area contributed by atoms with E-state index in [1.54, 1.807) is 12.1 Å². The third kappa shape index (κ3) is 3.72. The first kappa shape index (κ1) is 13.9. The average Bonchev–Trinajstić information content (AvgIpc) is 2.56. The van der Waals surface area contributed by atoms with Crippen molar-refractivity contribution in [1.82, 2.24) is 4.98 Å². The van der Waals surface area contributed by atoms with Crippen molar-refractivity contribution in [2.75, 3.05) is 23.3 Å². The van der Waals surface area contributed by atoms with Gasteiger partial charge in [-0.25, -0.2) is 9.37 Å². The van der Waals surface area contributed by atoms with Gasteiger partial charge in [-0.15, -0.1) is 0 Å². The maximum Gasteiger partial charge on any atom is 0.128 e. The largest absolute Gasteiger partial charge is 0.380 e. The molecule has 0 atom stereocenters. The van der Waals surface area contributed by atoms with Crippen molar-refractivity contribution in [1.29, 1.82) is 0 Å². The Hall–Kier alpha value is -2.10. The Kier molecular flexibility index (Phi) is 4.34. The minimum atomic E-state index is -0.202. The zero-order valence-electron chi connectivity index (χ0n) is 12.1. The first-order valence-electron chi connectivity index (χ1n) is 7.50. The van der Waals surface area contributed by atoms with Gasteiger partial charge in [-0.3, -0.25) is 0 Å². The van der Waals surface area contributed by atoms with Crippen molar-refractivity contribution in [3.05, 3.63) is 54.0 Å². The van der Waals surface area contributed by atoms with Crippen molar-refractivity contribution < 1.29 is 4.39 Å². The molecule has 3 rings (SSSR count). The van der Waals surface area contributed by atoms with Gasteiger partial charge >= 0.3 is 0 Å². The van der Waals surface area contributed by atoms with Crippen LogP contribution in [0.1, 0.15) is 24.8 Å². The van der Waals surface area contributed by atoms with Crippen LogP contribution in [0.4, 0.5) is 15.9 Å². The van der Waals surface area contributed by atoms with Crippen LogP contribution in [0.2, 0.25) is 0 Å². The van der Waals surface area contributed by atoms with E-state index in [1.165, 1.54) is 31.4 Å². The lowest BCUT2D eigenvalue weighted by Crippen LogP contribution is -2.30. The van der Waals surface area contributed by atoms with Crippen molar-refractivity contribution in [3.8, 4) is 0 Å². The van der Waals surface area contributed by atoms with E-state index in [0.29, 0.717) is 6.54 Å². The molecule has 1 aromatic carbocycles. The van der Waals surface area contributed by atoms with Gasteiger partial charge < -0.3 is 10.2 Å². The van der Waals surface area contributed by atoms with Crippen molar-refractivity contribution >= 4 is 11.5 Å². The van der Waals surface area contributed by atoms with Crippen molar-refractivity contribution in [3.63, 3.8) is 0 Å². The minimum absolute atomic E-state index is 0.202. The van der Waals surface area contributed by atoms with Gasteiger partial charge in [0.2, 0.25) is 0 Å². The number of benzene rings is 1. The van der Waals surface area contributed by atoms with Crippen LogP contribution in [0, 0.1) is 5.82 Å². The molecule has 3 nitrogen and oxygen atoms in total. The molecule has 0 radical (unpaired) electrons. The van der Waals surface area contributed by atoms with Crippen LogP contribution in [0.3, 0.4) is 0 Å². The van der Waals surface area contributed by atoms with Gasteiger partial charge in [0, 0.05) is 19.6 Å². The highest BCUT2D eigenvalue weighted by atomic mass is 19.1.